The van der Waals surface area contributed by atoms with Gasteiger partial charge in [0.2, 0.25) is 0 Å². The molecule has 0 aromatic heterocycles. The molecule has 2 rings (SSSR count). The first-order valence-corrected chi connectivity index (χ1v) is 7.68. The fourth-order valence-electron chi connectivity index (χ4n) is 2.27. The highest BCUT2D eigenvalue weighted by molar-refractivity contribution is 6.36. The second kappa shape index (κ2) is 6.97. The molecule has 112 valence electrons. The Balaban J connectivity index is 2.22. The molecular weight excluding hydrogens is 332 g/mol. The third-order valence-electron chi connectivity index (χ3n) is 3.36. The van der Waals surface area contributed by atoms with Crippen LogP contribution in [0.1, 0.15) is 37.1 Å². The lowest BCUT2D eigenvalue weighted by Gasteiger charge is -2.22. The predicted octanol–water partition coefficient (Wildman–Crippen LogP) is 6.20. The highest BCUT2D eigenvalue weighted by atomic mass is 35.5. The van der Waals surface area contributed by atoms with Gasteiger partial charge in [-0.2, -0.15) is 0 Å². The largest absolute Gasteiger partial charge is 0.304 e. The Labute approximate surface area is 139 Å². The summed E-state index contributed by atoms with van der Waals surface area (Å²) >= 11 is 18.2. The Kier molecular flexibility index (Phi) is 5.50. The topological polar surface area (TPSA) is 12.0 Å². The monoisotopic (exact) mass is 345 g/mol. The molecule has 0 heterocycles. The first-order chi connectivity index (χ1) is 9.90. The van der Waals surface area contributed by atoms with Crippen LogP contribution in [-0.2, 0) is 0 Å². The second-order valence-corrected chi connectivity index (χ2v) is 6.14. The average Bonchev–Trinajstić information content (AvgIpc) is 2.43. The molecule has 0 fully saturated rings. The van der Waals surface area contributed by atoms with Gasteiger partial charge in [0, 0.05) is 27.7 Å². The van der Waals surface area contributed by atoms with Gasteiger partial charge in [0.15, 0.2) is 0 Å². The molecule has 0 saturated carbocycles. The van der Waals surface area contributed by atoms with Crippen LogP contribution < -0.4 is 5.32 Å². The van der Waals surface area contributed by atoms with Gasteiger partial charge in [-0.1, -0.05) is 46.9 Å². The Morgan fingerprint density at radius 2 is 1.71 bits per heavy atom. The summed E-state index contributed by atoms with van der Waals surface area (Å²) in [6, 6.07) is 10.2. The van der Waals surface area contributed by atoms with Crippen molar-refractivity contribution in [1.82, 2.24) is 5.32 Å². The third-order valence-corrected chi connectivity index (χ3v) is 4.31. The zero-order valence-electron chi connectivity index (χ0n) is 11.6. The molecule has 1 N–H and O–H groups in total. The van der Waals surface area contributed by atoms with Crippen molar-refractivity contribution < 1.29 is 4.39 Å². The third kappa shape index (κ3) is 3.89. The minimum absolute atomic E-state index is 0.0223. The molecule has 0 aliphatic rings. The van der Waals surface area contributed by atoms with Crippen LogP contribution in [0.2, 0.25) is 15.1 Å². The van der Waals surface area contributed by atoms with Gasteiger partial charge in [-0.25, -0.2) is 4.39 Å². The van der Waals surface area contributed by atoms with Crippen LogP contribution in [0, 0.1) is 5.82 Å². The van der Waals surface area contributed by atoms with Crippen molar-refractivity contribution >= 4 is 34.8 Å². The summed E-state index contributed by atoms with van der Waals surface area (Å²) < 4.78 is 13.6. The summed E-state index contributed by atoms with van der Waals surface area (Å²) in [7, 11) is 0. The molecule has 2 aromatic carbocycles. The van der Waals surface area contributed by atoms with Gasteiger partial charge in [-0.3, -0.25) is 0 Å². The minimum atomic E-state index is -0.472. The van der Waals surface area contributed by atoms with Crippen LogP contribution in [0.4, 0.5) is 4.39 Å². The molecule has 0 bridgehead atoms. The first kappa shape index (κ1) is 16.6. The molecular formula is C16H15Cl3FN. The van der Waals surface area contributed by atoms with Crippen molar-refractivity contribution in [3.8, 4) is 0 Å². The fraction of sp³-hybridized carbons (Fsp3) is 0.250. The molecule has 0 radical (unpaired) electrons. The van der Waals surface area contributed by atoms with Crippen LogP contribution in [0.25, 0.3) is 0 Å². The molecule has 1 nitrogen and oxygen atoms in total. The van der Waals surface area contributed by atoms with E-state index < -0.39 is 5.82 Å². The molecule has 21 heavy (non-hydrogen) atoms. The SMILES string of the molecule is CC(N[C@H](C)c1cccc(Cl)c1)c1c(Cl)ccc(F)c1Cl. The quantitative estimate of drug-likeness (QED) is 0.650. The Hall–Kier alpha value is -0.800. The molecule has 5 heteroatoms. The Morgan fingerprint density at radius 1 is 1.00 bits per heavy atom. The zero-order valence-corrected chi connectivity index (χ0v) is 13.9. The zero-order chi connectivity index (χ0) is 15.6. The van der Waals surface area contributed by atoms with Gasteiger partial charge < -0.3 is 5.32 Å². The maximum Gasteiger partial charge on any atom is 0.142 e. The summed E-state index contributed by atoms with van der Waals surface area (Å²) in [6.45, 7) is 3.90. The predicted molar refractivity (Wildman–Crippen MR) is 87.8 cm³/mol. The van der Waals surface area contributed by atoms with Gasteiger partial charge in [0.25, 0.3) is 0 Å². The number of hydrogen-bond acceptors (Lipinski definition) is 1. The molecule has 0 aliphatic heterocycles. The summed E-state index contributed by atoms with van der Waals surface area (Å²) in [4.78, 5) is 0. The van der Waals surface area contributed by atoms with Crippen molar-refractivity contribution in [2.24, 2.45) is 0 Å². The average molecular weight is 347 g/mol. The molecule has 0 aliphatic carbocycles. The number of nitrogens with one attached hydrogen (secondary N) is 1. The van der Waals surface area contributed by atoms with E-state index in [0.29, 0.717) is 15.6 Å². The smallest absolute Gasteiger partial charge is 0.142 e. The summed E-state index contributed by atoms with van der Waals surface area (Å²) in [5, 5.41) is 4.53. The van der Waals surface area contributed by atoms with E-state index in [2.05, 4.69) is 5.32 Å². The summed E-state index contributed by atoms with van der Waals surface area (Å²) in [6.07, 6.45) is 0. The van der Waals surface area contributed by atoms with E-state index in [-0.39, 0.29) is 17.1 Å². The van der Waals surface area contributed by atoms with Crippen molar-refractivity contribution in [2.75, 3.05) is 0 Å². The summed E-state index contributed by atoms with van der Waals surface area (Å²) in [5.74, 6) is -0.472. The number of rotatable bonds is 4. The Bertz CT molecular complexity index is 645. The van der Waals surface area contributed by atoms with Crippen LogP contribution >= 0.6 is 34.8 Å². The summed E-state index contributed by atoms with van der Waals surface area (Å²) in [5.41, 5.74) is 1.60. The van der Waals surface area contributed by atoms with Crippen molar-refractivity contribution in [3.05, 3.63) is 68.4 Å². The van der Waals surface area contributed by atoms with Crippen molar-refractivity contribution in [3.63, 3.8) is 0 Å². The van der Waals surface area contributed by atoms with Crippen LogP contribution in [-0.4, -0.2) is 0 Å². The highest BCUT2D eigenvalue weighted by Gasteiger charge is 2.19. The van der Waals surface area contributed by atoms with Crippen LogP contribution in [0.15, 0.2) is 36.4 Å². The number of benzene rings is 2. The molecule has 0 spiro atoms. The number of halogens is 4. The number of hydrogen-bond donors (Lipinski definition) is 1. The second-order valence-electron chi connectivity index (χ2n) is 4.92. The van der Waals surface area contributed by atoms with Gasteiger partial charge in [-0.05, 0) is 43.7 Å². The lowest BCUT2D eigenvalue weighted by atomic mass is 10.0. The molecule has 0 saturated heterocycles. The van der Waals surface area contributed by atoms with Crippen LogP contribution in [0.3, 0.4) is 0 Å². The maximum absolute atomic E-state index is 13.6. The van der Waals surface area contributed by atoms with Gasteiger partial charge in [-0.15, -0.1) is 0 Å². The van der Waals surface area contributed by atoms with Crippen molar-refractivity contribution in [1.29, 1.82) is 0 Å². The van der Waals surface area contributed by atoms with E-state index in [4.69, 9.17) is 34.8 Å². The molecule has 2 aromatic rings. The lowest BCUT2D eigenvalue weighted by molar-refractivity contribution is 0.492. The van der Waals surface area contributed by atoms with Crippen LogP contribution in [0.5, 0.6) is 0 Å². The normalized spacial score (nSPS) is 14.0. The molecule has 2 atom stereocenters. The highest BCUT2D eigenvalue weighted by Crippen LogP contribution is 2.33. The van der Waals surface area contributed by atoms with E-state index in [9.17, 15) is 4.39 Å². The van der Waals surface area contributed by atoms with E-state index in [0.717, 1.165) is 5.56 Å². The van der Waals surface area contributed by atoms with Crippen molar-refractivity contribution in [2.45, 2.75) is 25.9 Å². The van der Waals surface area contributed by atoms with E-state index in [1.165, 1.54) is 12.1 Å². The standard InChI is InChI=1S/C16H15Cl3FN/c1-9(11-4-3-5-12(17)8-11)21-10(2)15-13(18)6-7-14(20)16(15)19/h3-10,21H,1-2H3/t9-,10?/m1/s1. The molecule has 1 unspecified atom stereocenters. The molecule has 0 amide bonds. The van der Waals surface area contributed by atoms with Gasteiger partial charge >= 0.3 is 0 Å². The van der Waals surface area contributed by atoms with E-state index in [1.54, 1.807) is 0 Å². The Morgan fingerprint density at radius 3 is 2.38 bits per heavy atom. The maximum atomic E-state index is 13.6. The fourth-order valence-corrected chi connectivity index (χ4v) is 3.17. The lowest BCUT2D eigenvalue weighted by Crippen LogP contribution is -2.23. The van der Waals surface area contributed by atoms with Gasteiger partial charge in [0.1, 0.15) is 5.82 Å². The van der Waals surface area contributed by atoms with Gasteiger partial charge in [0.05, 0.1) is 5.02 Å². The minimum Gasteiger partial charge on any atom is -0.304 e. The van der Waals surface area contributed by atoms with E-state index in [1.807, 2.05) is 38.1 Å². The van der Waals surface area contributed by atoms with E-state index >= 15 is 0 Å². The first-order valence-electron chi connectivity index (χ1n) is 6.55.